The van der Waals surface area contributed by atoms with Crippen molar-refractivity contribution >= 4 is 10.1 Å². The molecule has 0 bridgehead atoms. The van der Waals surface area contributed by atoms with Gasteiger partial charge in [0.2, 0.25) is 0 Å². The molecule has 0 N–H and O–H groups in total. The minimum absolute atomic E-state index is 0.197. The molecule has 6 nitrogen and oxygen atoms in total. The molecule has 0 aliphatic heterocycles. The molecular weight excluding hydrogens is 210 g/mol. The van der Waals surface area contributed by atoms with Crippen molar-refractivity contribution in [3.8, 4) is 0 Å². The van der Waals surface area contributed by atoms with Crippen molar-refractivity contribution in [1.82, 2.24) is 0 Å². The zero-order valence-electron chi connectivity index (χ0n) is 7.21. The Balaban J connectivity index is 3.17. The van der Waals surface area contributed by atoms with E-state index in [1.165, 1.54) is 25.1 Å². The van der Waals surface area contributed by atoms with Crippen molar-refractivity contribution in [3.63, 3.8) is 0 Å². The maximum atomic E-state index is 11.2. The van der Waals surface area contributed by atoms with Crippen LogP contribution in [0.15, 0.2) is 29.2 Å². The molecule has 14 heavy (non-hydrogen) atoms. The highest BCUT2D eigenvalue weighted by Gasteiger charge is 2.20. The van der Waals surface area contributed by atoms with Gasteiger partial charge in [0, 0.05) is 0 Å². The Bertz CT molecular complexity index is 453. The van der Waals surface area contributed by atoms with Gasteiger partial charge in [0.05, 0.1) is 4.90 Å². The Morgan fingerprint density at radius 3 is 2.43 bits per heavy atom. The summed E-state index contributed by atoms with van der Waals surface area (Å²) >= 11 is 0. The van der Waals surface area contributed by atoms with Gasteiger partial charge in [-0.1, -0.05) is 18.2 Å². The Hall–Kier alpha value is -1.63. The Morgan fingerprint density at radius 1 is 1.36 bits per heavy atom. The molecule has 0 amide bonds. The average molecular weight is 217 g/mol. The molecule has 1 aromatic rings. The van der Waals surface area contributed by atoms with Gasteiger partial charge >= 0.3 is 15.2 Å². The molecule has 0 saturated heterocycles. The molecule has 0 aliphatic carbocycles. The second-order valence-electron chi connectivity index (χ2n) is 2.52. The van der Waals surface area contributed by atoms with Gasteiger partial charge < -0.3 is 0 Å². The van der Waals surface area contributed by atoms with E-state index in [4.69, 9.17) is 0 Å². The lowest BCUT2D eigenvalue weighted by Crippen LogP contribution is -2.12. The van der Waals surface area contributed by atoms with Crippen LogP contribution < -0.4 is 0 Å². The van der Waals surface area contributed by atoms with Crippen molar-refractivity contribution in [3.05, 3.63) is 39.9 Å². The van der Waals surface area contributed by atoms with E-state index < -0.39 is 15.2 Å². The summed E-state index contributed by atoms with van der Waals surface area (Å²) in [5.41, 5.74) is 0.398. The first-order chi connectivity index (χ1) is 6.43. The molecule has 0 aromatic heterocycles. The lowest BCUT2D eigenvalue weighted by Gasteiger charge is -2.03. The summed E-state index contributed by atoms with van der Waals surface area (Å²) in [6.07, 6.45) is 0. The summed E-state index contributed by atoms with van der Waals surface area (Å²) in [5.74, 6) is 0. The lowest BCUT2D eigenvalue weighted by atomic mass is 10.2. The summed E-state index contributed by atoms with van der Waals surface area (Å²) in [4.78, 5) is 9.71. The van der Waals surface area contributed by atoms with Gasteiger partial charge in [-0.15, -0.1) is 10.1 Å². The predicted molar refractivity (Wildman–Crippen MR) is 46.4 cm³/mol. The third-order valence-electron chi connectivity index (χ3n) is 1.52. The van der Waals surface area contributed by atoms with Crippen LogP contribution in [0.3, 0.4) is 0 Å². The van der Waals surface area contributed by atoms with Crippen LogP contribution in [0.25, 0.3) is 0 Å². The molecule has 1 aromatic carbocycles. The molecular formula is C7H7NO5S. The van der Waals surface area contributed by atoms with E-state index in [9.17, 15) is 18.5 Å². The van der Waals surface area contributed by atoms with E-state index in [0.29, 0.717) is 5.56 Å². The van der Waals surface area contributed by atoms with Crippen LogP contribution in [0.5, 0.6) is 0 Å². The Labute approximate surface area is 80.4 Å². The van der Waals surface area contributed by atoms with E-state index in [1.807, 2.05) is 0 Å². The maximum Gasteiger partial charge on any atom is 0.334 e. The summed E-state index contributed by atoms with van der Waals surface area (Å²) < 4.78 is 26.0. The zero-order chi connectivity index (χ0) is 10.8. The molecule has 0 atom stereocenters. The SMILES string of the molecule is Cc1ccccc1S(=O)(=O)O[N+](=O)[O-]. The third kappa shape index (κ3) is 2.19. The van der Waals surface area contributed by atoms with E-state index >= 15 is 0 Å². The normalized spacial score (nSPS) is 10.9. The molecule has 1 rings (SSSR count). The first kappa shape index (κ1) is 10.5. The van der Waals surface area contributed by atoms with Crippen molar-refractivity contribution < 1.29 is 17.8 Å². The largest absolute Gasteiger partial charge is 0.334 e. The van der Waals surface area contributed by atoms with Crippen LogP contribution in [-0.4, -0.2) is 13.5 Å². The molecule has 0 heterocycles. The quantitative estimate of drug-likeness (QED) is 0.554. The van der Waals surface area contributed by atoms with Crippen LogP contribution in [0.1, 0.15) is 5.56 Å². The highest BCUT2D eigenvalue weighted by atomic mass is 32.2. The van der Waals surface area contributed by atoms with Gasteiger partial charge in [-0.25, -0.2) is 0 Å². The minimum Gasteiger partial charge on any atom is -0.196 e. The molecule has 0 radical (unpaired) electrons. The number of rotatable bonds is 3. The predicted octanol–water partition coefficient (Wildman–Crippen LogP) is 0.892. The van der Waals surface area contributed by atoms with E-state index in [1.54, 1.807) is 6.07 Å². The average Bonchev–Trinajstić information content (AvgIpc) is 2.02. The number of aryl methyl sites for hydroxylation is 1. The van der Waals surface area contributed by atoms with Gasteiger partial charge in [0.1, 0.15) is 0 Å². The van der Waals surface area contributed by atoms with Gasteiger partial charge in [-0.3, -0.25) is 0 Å². The maximum absolute atomic E-state index is 11.2. The van der Waals surface area contributed by atoms with Crippen LogP contribution in [0.2, 0.25) is 0 Å². The molecule has 0 saturated carbocycles. The minimum atomic E-state index is -4.29. The van der Waals surface area contributed by atoms with Crippen LogP contribution in [0, 0.1) is 17.0 Å². The van der Waals surface area contributed by atoms with Gasteiger partial charge in [-0.05, 0) is 18.6 Å². The molecule has 0 aliphatic rings. The summed E-state index contributed by atoms with van der Waals surface area (Å²) in [6, 6.07) is 5.86. The Kier molecular flexibility index (Phi) is 2.70. The molecule has 76 valence electrons. The van der Waals surface area contributed by atoms with Crippen molar-refractivity contribution in [1.29, 1.82) is 0 Å². The second kappa shape index (κ2) is 3.62. The topological polar surface area (TPSA) is 86.5 Å². The van der Waals surface area contributed by atoms with E-state index in [0.717, 1.165) is 0 Å². The van der Waals surface area contributed by atoms with Crippen LogP contribution >= 0.6 is 0 Å². The first-order valence-corrected chi connectivity index (χ1v) is 4.99. The fourth-order valence-corrected chi connectivity index (χ4v) is 1.91. The van der Waals surface area contributed by atoms with Gasteiger partial charge in [0.25, 0.3) is 0 Å². The van der Waals surface area contributed by atoms with E-state index in [2.05, 4.69) is 4.28 Å². The van der Waals surface area contributed by atoms with Crippen LogP contribution in [-0.2, 0) is 14.4 Å². The fourth-order valence-electron chi connectivity index (χ4n) is 0.957. The number of nitrogens with zero attached hydrogens (tertiary/aromatic N) is 1. The smallest absolute Gasteiger partial charge is 0.196 e. The zero-order valence-corrected chi connectivity index (χ0v) is 8.02. The second-order valence-corrected chi connectivity index (χ2v) is 4.01. The first-order valence-electron chi connectivity index (χ1n) is 3.58. The van der Waals surface area contributed by atoms with Crippen molar-refractivity contribution in [2.24, 2.45) is 0 Å². The highest BCUT2D eigenvalue weighted by Crippen LogP contribution is 2.16. The fraction of sp³-hybridized carbons (Fsp3) is 0.143. The van der Waals surface area contributed by atoms with Crippen molar-refractivity contribution in [2.45, 2.75) is 11.8 Å². The Morgan fingerprint density at radius 2 is 1.93 bits per heavy atom. The van der Waals surface area contributed by atoms with E-state index in [-0.39, 0.29) is 4.90 Å². The number of hydrogen-bond donors (Lipinski definition) is 0. The van der Waals surface area contributed by atoms with Crippen LogP contribution in [0.4, 0.5) is 0 Å². The number of benzene rings is 1. The van der Waals surface area contributed by atoms with Gasteiger partial charge in [0.15, 0.2) is 0 Å². The summed E-state index contributed by atoms with van der Waals surface area (Å²) in [5, 5.41) is 8.56. The molecule has 0 spiro atoms. The number of hydrogen-bond acceptors (Lipinski definition) is 5. The monoisotopic (exact) mass is 217 g/mol. The lowest BCUT2D eigenvalue weighted by molar-refractivity contribution is -0.711. The molecule has 7 heteroatoms. The third-order valence-corrected chi connectivity index (χ3v) is 2.84. The van der Waals surface area contributed by atoms with Crippen molar-refractivity contribution in [2.75, 3.05) is 0 Å². The van der Waals surface area contributed by atoms with Gasteiger partial charge in [-0.2, -0.15) is 12.7 Å². The molecule has 0 fully saturated rings. The molecule has 0 unspecified atom stereocenters. The summed E-state index contributed by atoms with van der Waals surface area (Å²) in [6.45, 7) is 1.52. The standard InChI is InChI=1S/C7H7NO5S/c1-6-4-2-3-5-7(6)14(11,12)13-8(9)10/h2-5H,1H3. The summed E-state index contributed by atoms with van der Waals surface area (Å²) in [7, 11) is -4.29. The highest BCUT2D eigenvalue weighted by molar-refractivity contribution is 7.86.